The second-order valence-corrected chi connectivity index (χ2v) is 7.86. The third-order valence-corrected chi connectivity index (χ3v) is 3.42. The molecule has 0 aromatic heterocycles. The van der Waals surface area contributed by atoms with E-state index in [1.54, 1.807) is 14.0 Å². The Morgan fingerprint density at radius 1 is 1.16 bits per heavy atom. The SMILES string of the molecule is COc1c(C(C)(C)C)ccc(C(C)=O)c1O[Si](C)C. The summed E-state index contributed by atoms with van der Waals surface area (Å²) in [5, 5.41) is 0. The van der Waals surface area contributed by atoms with Gasteiger partial charge in [-0.3, -0.25) is 4.79 Å². The molecular formula is C15H23O3Si. The minimum absolute atomic E-state index is 0.00277. The predicted molar refractivity (Wildman–Crippen MR) is 79.8 cm³/mol. The van der Waals surface area contributed by atoms with Crippen LogP contribution < -0.4 is 9.16 Å². The highest BCUT2D eigenvalue weighted by Gasteiger charge is 2.25. The Hall–Kier alpha value is -1.29. The van der Waals surface area contributed by atoms with Gasteiger partial charge in [0.2, 0.25) is 0 Å². The van der Waals surface area contributed by atoms with Crippen LogP contribution in [0.2, 0.25) is 13.1 Å². The van der Waals surface area contributed by atoms with Gasteiger partial charge in [-0.05, 0) is 31.5 Å². The minimum atomic E-state index is -0.968. The first kappa shape index (κ1) is 15.8. The number of ether oxygens (including phenoxy) is 1. The lowest BCUT2D eigenvalue weighted by Crippen LogP contribution is -2.18. The van der Waals surface area contributed by atoms with Gasteiger partial charge in [0.25, 0.3) is 9.04 Å². The second-order valence-electron chi connectivity index (χ2n) is 5.84. The highest BCUT2D eigenvalue weighted by atomic mass is 28.3. The molecule has 0 spiro atoms. The van der Waals surface area contributed by atoms with E-state index in [2.05, 4.69) is 20.8 Å². The number of carbonyl (C=O) groups is 1. The maximum atomic E-state index is 11.8. The van der Waals surface area contributed by atoms with Gasteiger partial charge < -0.3 is 9.16 Å². The van der Waals surface area contributed by atoms with E-state index in [0.29, 0.717) is 17.1 Å². The van der Waals surface area contributed by atoms with Crippen molar-refractivity contribution < 1.29 is 14.0 Å². The first-order chi connectivity index (χ1) is 8.68. The number of hydrogen-bond acceptors (Lipinski definition) is 3. The van der Waals surface area contributed by atoms with Crippen molar-refractivity contribution in [1.82, 2.24) is 0 Å². The highest BCUT2D eigenvalue weighted by molar-refractivity contribution is 6.49. The molecule has 0 heterocycles. The number of methoxy groups -OCH3 is 1. The maximum Gasteiger partial charge on any atom is 0.274 e. The van der Waals surface area contributed by atoms with E-state index >= 15 is 0 Å². The average molecular weight is 279 g/mol. The molecule has 0 aliphatic heterocycles. The molecule has 0 aliphatic rings. The van der Waals surface area contributed by atoms with Crippen molar-refractivity contribution in [2.24, 2.45) is 0 Å². The van der Waals surface area contributed by atoms with E-state index in [9.17, 15) is 4.79 Å². The Bertz CT molecular complexity index is 473. The topological polar surface area (TPSA) is 35.5 Å². The van der Waals surface area contributed by atoms with Crippen molar-refractivity contribution in [3.63, 3.8) is 0 Å². The monoisotopic (exact) mass is 279 g/mol. The zero-order valence-electron chi connectivity index (χ0n) is 12.9. The van der Waals surface area contributed by atoms with E-state index in [0.717, 1.165) is 5.56 Å². The van der Waals surface area contributed by atoms with Gasteiger partial charge >= 0.3 is 0 Å². The van der Waals surface area contributed by atoms with E-state index in [-0.39, 0.29) is 11.2 Å². The fourth-order valence-electron chi connectivity index (χ4n) is 1.94. The van der Waals surface area contributed by atoms with E-state index in [1.165, 1.54) is 0 Å². The van der Waals surface area contributed by atoms with Crippen LogP contribution in [-0.2, 0) is 5.41 Å². The Kier molecular flexibility index (Phi) is 4.79. The molecular weight excluding hydrogens is 256 g/mol. The van der Waals surface area contributed by atoms with Gasteiger partial charge in [-0.25, -0.2) is 0 Å². The Morgan fingerprint density at radius 2 is 1.74 bits per heavy atom. The fraction of sp³-hybridized carbons (Fsp3) is 0.533. The van der Waals surface area contributed by atoms with Crippen LogP contribution >= 0.6 is 0 Å². The summed E-state index contributed by atoms with van der Waals surface area (Å²) in [5.74, 6) is 1.28. The zero-order valence-corrected chi connectivity index (χ0v) is 13.9. The van der Waals surface area contributed by atoms with Gasteiger partial charge in [0.05, 0.1) is 12.7 Å². The van der Waals surface area contributed by atoms with Crippen LogP contribution in [0.3, 0.4) is 0 Å². The third-order valence-electron chi connectivity index (χ3n) is 2.81. The van der Waals surface area contributed by atoms with Crippen LogP contribution in [0.25, 0.3) is 0 Å². The molecule has 105 valence electrons. The molecule has 1 aromatic carbocycles. The molecule has 0 saturated carbocycles. The number of Topliss-reactive ketones (excluding diaryl/α,β-unsaturated/α-hetero) is 1. The Balaban J connectivity index is 3.54. The summed E-state index contributed by atoms with van der Waals surface area (Å²) in [7, 11) is 0.656. The Morgan fingerprint density at radius 3 is 2.11 bits per heavy atom. The summed E-state index contributed by atoms with van der Waals surface area (Å²) >= 11 is 0. The average Bonchev–Trinajstić information content (AvgIpc) is 2.25. The second kappa shape index (κ2) is 5.78. The van der Waals surface area contributed by atoms with Gasteiger partial charge in [0.15, 0.2) is 17.3 Å². The van der Waals surface area contributed by atoms with E-state index in [1.807, 2.05) is 25.2 Å². The van der Waals surface area contributed by atoms with Crippen molar-refractivity contribution in [3.05, 3.63) is 23.3 Å². The van der Waals surface area contributed by atoms with Crippen LogP contribution in [0.15, 0.2) is 12.1 Å². The predicted octanol–water partition coefficient (Wildman–Crippen LogP) is 3.83. The van der Waals surface area contributed by atoms with Gasteiger partial charge in [-0.2, -0.15) is 0 Å². The van der Waals surface area contributed by atoms with Crippen molar-refractivity contribution in [2.45, 2.75) is 46.2 Å². The van der Waals surface area contributed by atoms with Crippen LogP contribution in [0.1, 0.15) is 43.6 Å². The van der Waals surface area contributed by atoms with Gasteiger partial charge in [0, 0.05) is 5.56 Å². The smallest absolute Gasteiger partial charge is 0.274 e. The van der Waals surface area contributed by atoms with Crippen molar-refractivity contribution >= 4 is 14.8 Å². The first-order valence-corrected chi connectivity index (χ1v) is 8.79. The van der Waals surface area contributed by atoms with Gasteiger partial charge in [-0.1, -0.05) is 26.8 Å². The molecule has 0 saturated heterocycles. The maximum absolute atomic E-state index is 11.8. The number of rotatable bonds is 4. The molecule has 0 bridgehead atoms. The number of hydrogen-bond donors (Lipinski definition) is 0. The molecule has 19 heavy (non-hydrogen) atoms. The zero-order chi connectivity index (χ0) is 14.8. The molecule has 0 aliphatic carbocycles. The molecule has 1 aromatic rings. The molecule has 1 rings (SSSR count). The lowest BCUT2D eigenvalue weighted by atomic mass is 9.85. The Labute approximate surface area is 117 Å². The van der Waals surface area contributed by atoms with Crippen molar-refractivity contribution in [1.29, 1.82) is 0 Å². The van der Waals surface area contributed by atoms with Gasteiger partial charge in [0.1, 0.15) is 0 Å². The standard InChI is InChI=1S/C15H23O3Si/c1-10(16)11-8-9-12(15(2,3)4)14(17-5)13(11)18-19(6)7/h8-9H,1-7H3. The number of ketones is 1. The largest absolute Gasteiger partial charge is 0.540 e. The van der Waals surface area contributed by atoms with Crippen LogP contribution in [-0.4, -0.2) is 21.9 Å². The van der Waals surface area contributed by atoms with E-state index < -0.39 is 9.04 Å². The summed E-state index contributed by atoms with van der Waals surface area (Å²) in [4.78, 5) is 11.8. The molecule has 4 heteroatoms. The molecule has 0 unspecified atom stereocenters. The van der Waals surface area contributed by atoms with Gasteiger partial charge in [-0.15, -0.1) is 0 Å². The number of benzene rings is 1. The van der Waals surface area contributed by atoms with Crippen LogP contribution in [0, 0.1) is 0 Å². The summed E-state index contributed by atoms with van der Waals surface area (Å²) < 4.78 is 11.5. The normalized spacial score (nSPS) is 11.6. The summed E-state index contributed by atoms with van der Waals surface area (Å²) in [6.45, 7) is 12.0. The number of carbonyl (C=O) groups excluding carboxylic acids is 1. The van der Waals surface area contributed by atoms with Crippen molar-refractivity contribution in [2.75, 3.05) is 7.11 Å². The molecule has 3 nitrogen and oxygen atoms in total. The first-order valence-electron chi connectivity index (χ1n) is 6.39. The minimum Gasteiger partial charge on any atom is -0.540 e. The fourth-order valence-corrected chi connectivity index (χ4v) is 2.55. The lowest BCUT2D eigenvalue weighted by molar-refractivity contribution is 0.101. The van der Waals surface area contributed by atoms with Crippen LogP contribution in [0.4, 0.5) is 0 Å². The quantitative estimate of drug-likeness (QED) is 0.621. The highest BCUT2D eigenvalue weighted by Crippen LogP contribution is 2.41. The van der Waals surface area contributed by atoms with E-state index in [4.69, 9.17) is 9.16 Å². The van der Waals surface area contributed by atoms with Crippen molar-refractivity contribution in [3.8, 4) is 11.5 Å². The lowest BCUT2D eigenvalue weighted by Gasteiger charge is -2.25. The molecule has 0 amide bonds. The summed E-state index contributed by atoms with van der Waals surface area (Å²) in [6, 6.07) is 3.80. The summed E-state index contributed by atoms with van der Waals surface area (Å²) in [6.07, 6.45) is 0. The molecule has 0 N–H and O–H groups in total. The molecule has 0 fully saturated rings. The summed E-state index contributed by atoms with van der Waals surface area (Å²) in [5.41, 5.74) is 1.59. The third kappa shape index (κ3) is 3.59. The van der Waals surface area contributed by atoms with Crippen LogP contribution in [0.5, 0.6) is 11.5 Å². The molecule has 0 atom stereocenters. The molecule has 1 radical (unpaired) electrons.